The molecular formula is C18H30N2O. The molecule has 3 rings (SSSR count). The van der Waals surface area contributed by atoms with Gasteiger partial charge in [-0.2, -0.15) is 0 Å². The van der Waals surface area contributed by atoms with Crippen molar-refractivity contribution in [3.63, 3.8) is 0 Å². The lowest BCUT2D eigenvalue weighted by Gasteiger charge is -2.21. The molecule has 2 fully saturated rings. The molecule has 2 saturated carbocycles. The van der Waals surface area contributed by atoms with Crippen LogP contribution in [-0.2, 0) is 13.1 Å². The normalized spacial score (nSPS) is 18.9. The summed E-state index contributed by atoms with van der Waals surface area (Å²) in [5.74, 6) is 3.02. The Morgan fingerprint density at radius 3 is 2.67 bits per heavy atom. The molecule has 1 aromatic heterocycles. The average Bonchev–Trinajstić information content (AvgIpc) is 3.32. The zero-order chi connectivity index (χ0) is 14.8. The summed E-state index contributed by atoms with van der Waals surface area (Å²) in [5.41, 5.74) is 1.34. The Bertz CT molecular complexity index is 458. The van der Waals surface area contributed by atoms with Crippen molar-refractivity contribution in [2.45, 2.75) is 78.0 Å². The minimum atomic E-state index is 0.761. The molecule has 118 valence electrons. The van der Waals surface area contributed by atoms with E-state index in [0.29, 0.717) is 0 Å². The molecule has 1 aromatic rings. The van der Waals surface area contributed by atoms with Crippen molar-refractivity contribution in [1.29, 1.82) is 0 Å². The number of hydrogen-bond acceptors (Lipinski definition) is 3. The van der Waals surface area contributed by atoms with Gasteiger partial charge in [-0.25, -0.2) is 0 Å². The molecule has 3 nitrogen and oxygen atoms in total. The number of furan rings is 1. The first-order valence-corrected chi connectivity index (χ1v) is 8.67. The van der Waals surface area contributed by atoms with Crippen molar-refractivity contribution in [3.05, 3.63) is 23.2 Å². The summed E-state index contributed by atoms with van der Waals surface area (Å²) in [5, 5.41) is 3.58. The van der Waals surface area contributed by atoms with E-state index in [4.69, 9.17) is 4.42 Å². The van der Waals surface area contributed by atoms with Crippen LogP contribution in [0.2, 0.25) is 0 Å². The first kappa shape index (κ1) is 15.1. The van der Waals surface area contributed by atoms with Crippen molar-refractivity contribution in [3.8, 4) is 0 Å². The predicted molar refractivity (Wildman–Crippen MR) is 86.2 cm³/mol. The number of hydrogen-bond donors (Lipinski definition) is 1. The molecule has 1 N–H and O–H groups in total. The van der Waals surface area contributed by atoms with Crippen LogP contribution in [0.25, 0.3) is 0 Å². The molecule has 0 amide bonds. The SMILES string of the molecule is Cc1oc(CN(CCC(C)C)C2CC2)cc1CNC1CC1. The van der Waals surface area contributed by atoms with E-state index in [2.05, 4.69) is 37.1 Å². The van der Waals surface area contributed by atoms with Crippen LogP contribution in [0.5, 0.6) is 0 Å². The van der Waals surface area contributed by atoms with Crippen molar-refractivity contribution in [2.24, 2.45) is 5.92 Å². The van der Waals surface area contributed by atoms with Crippen molar-refractivity contribution >= 4 is 0 Å². The fourth-order valence-electron chi connectivity index (χ4n) is 2.84. The lowest BCUT2D eigenvalue weighted by atomic mass is 10.1. The van der Waals surface area contributed by atoms with Gasteiger partial charge in [0.2, 0.25) is 0 Å². The zero-order valence-corrected chi connectivity index (χ0v) is 13.8. The second-order valence-corrected chi connectivity index (χ2v) is 7.33. The lowest BCUT2D eigenvalue weighted by Crippen LogP contribution is -2.27. The molecule has 0 aromatic carbocycles. The van der Waals surface area contributed by atoms with Crippen LogP contribution in [-0.4, -0.2) is 23.5 Å². The Hall–Kier alpha value is -0.800. The second kappa shape index (κ2) is 6.53. The van der Waals surface area contributed by atoms with Crippen LogP contribution in [0.1, 0.15) is 63.0 Å². The first-order chi connectivity index (χ1) is 10.1. The van der Waals surface area contributed by atoms with Crippen LogP contribution in [0.3, 0.4) is 0 Å². The Balaban J connectivity index is 1.55. The van der Waals surface area contributed by atoms with E-state index in [1.54, 1.807) is 0 Å². The van der Waals surface area contributed by atoms with Crippen LogP contribution in [0, 0.1) is 12.8 Å². The quantitative estimate of drug-likeness (QED) is 0.749. The Morgan fingerprint density at radius 1 is 1.29 bits per heavy atom. The smallest absolute Gasteiger partial charge is 0.118 e. The molecule has 0 unspecified atom stereocenters. The third-order valence-electron chi connectivity index (χ3n) is 4.65. The van der Waals surface area contributed by atoms with E-state index >= 15 is 0 Å². The van der Waals surface area contributed by atoms with Gasteiger partial charge in [0, 0.05) is 24.2 Å². The van der Waals surface area contributed by atoms with Crippen molar-refractivity contribution in [2.75, 3.05) is 6.54 Å². The largest absolute Gasteiger partial charge is 0.465 e. The van der Waals surface area contributed by atoms with Gasteiger partial charge in [0.15, 0.2) is 0 Å². The predicted octanol–water partition coefficient (Wildman–Crippen LogP) is 3.85. The highest BCUT2D eigenvalue weighted by Crippen LogP contribution is 2.30. The third-order valence-corrected chi connectivity index (χ3v) is 4.65. The Kier molecular flexibility index (Phi) is 4.70. The van der Waals surface area contributed by atoms with Gasteiger partial charge in [-0.05, 0) is 57.6 Å². The summed E-state index contributed by atoms with van der Waals surface area (Å²) < 4.78 is 6.00. The summed E-state index contributed by atoms with van der Waals surface area (Å²) in [6.07, 6.45) is 6.71. The molecule has 21 heavy (non-hydrogen) atoms. The summed E-state index contributed by atoms with van der Waals surface area (Å²) in [6, 6.07) is 3.84. The van der Waals surface area contributed by atoms with Gasteiger partial charge in [-0.3, -0.25) is 4.90 Å². The second-order valence-electron chi connectivity index (χ2n) is 7.33. The maximum Gasteiger partial charge on any atom is 0.118 e. The maximum atomic E-state index is 6.00. The zero-order valence-electron chi connectivity index (χ0n) is 13.8. The highest BCUT2D eigenvalue weighted by atomic mass is 16.3. The summed E-state index contributed by atoms with van der Waals surface area (Å²) in [7, 11) is 0. The molecule has 0 bridgehead atoms. The van der Waals surface area contributed by atoms with Crippen LogP contribution in [0.4, 0.5) is 0 Å². The Morgan fingerprint density at radius 2 is 2.05 bits per heavy atom. The molecule has 2 aliphatic carbocycles. The minimum absolute atomic E-state index is 0.761. The van der Waals surface area contributed by atoms with Gasteiger partial charge in [0.25, 0.3) is 0 Å². The molecule has 1 heterocycles. The van der Waals surface area contributed by atoms with Crippen molar-refractivity contribution < 1.29 is 4.42 Å². The number of nitrogens with zero attached hydrogens (tertiary/aromatic N) is 1. The fraction of sp³-hybridized carbons (Fsp3) is 0.778. The summed E-state index contributed by atoms with van der Waals surface area (Å²) in [4.78, 5) is 2.62. The van der Waals surface area contributed by atoms with E-state index in [0.717, 1.165) is 42.6 Å². The van der Waals surface area contributed by atoms with E-state index < -0.39 is 0 Å². The van der Waals surface area contributed by atoms with Gasteiger partial charge in [-0.15, -0.1) is 0 Å². The molecule has 3 heteroatoms. The van der Waals surface area contributed by atoms with Gasteiger partial charge in [0.05, 0.1) is 6.54 Å². The Labute approximate surface area is 129 Å². The molecule has 0 radical (unpaired) electrons. The van der Waals surface area contributed by atoms with Gasteiger partial charge < -0.3 is 9.73 Å². The van der Waals surface area contributed by atoms with Crippen LogP contribution < -0.4 is 5.32 Å². The standard InChI is InChI=1S/C18H30N2O/c1-13(2)8-9-20(17-6-7-17)12-18-10-15(14(3)21-18)11-19-16-4-5-16/h10,13,16-17,19H,4-9,11-12H2,1-3H3. The maximum absolute atomic E-state index is 6.00. The number of nitrogens with one attached hydrogen (secondary N) is 1. The summed E-state index contributed by atoms with van der Waals surface area (Å²) in [6.45, 7) is 9.88. The van der Waals surface area contributed by atoms with Gasteiger partial charge in [-0.1, -0.05) is 13.8 Å². The molecule has 0 spiro atoms. The number of rotatable bonds is 9. The third kappa shape index (κ3) is 4.58. The molecule has 0 atom stereocenters. The van der Waals surface area contributed by atoms with E-state index in [1.807, 2.05) is 0 Å². The van der Waals surface area contributed by atoms with Gasteiger partial charge in [0.1, 0.15) is 11.5 Å². The topological polar surface area (TPSA) is 28.4 Å². The molecular weight excluding hydrogens is 260 g/mol. The highest BCUT2D eigenvalue weighted by Gasteiger charge is 2.29. The fourth-order valence-corrected chi connectivity index (χ4v) is 2.84. The monoisotopic (exact) mass is 290 g/mol. The first-order valence-electron chi connectivity index (χ1n) is 8.67. The minimum Gasteiger partial charge on any atom is -0.465 e. The lowest BCUT2D eigenvalue weighted by molar-refractivity contribution is 0.220. The number of aryl methyl sites for hydroxylation is 1. The van der Waals surface area contributed by atoms with E-state index in [1.165, 1.54) is 44.2 Å². The molecule has 0 aliphatic heterocycles. The van der Waals surface area contributed by atoms with E-state index in [9.17, 15) is 0 Å². The van der Waals surface area contributed by atoms with E-state index in [-0.39, 0.29) is 0 Å². The van der Waals surface area contributed by atoms with Crippen molar-refractivity contribution in [1.82, 2.24) is 10.2 Å². The summed E-state index contributed by atoms with van der Waals surface area (Å²) >= 11 is 0. The molecule has 0 saturated heterocycles. The highest BCUT2D eigenvalue weighted by molar-refractivity contribution is 5.21. The van der Waals surface area contributed by atoms with Crippen LogP contribution in [0.15, 0.2) is 10.5 Å². The van der Waals surface area contributed by atoms with Crippen LogP contribution >= 0.6 is 0 Å². The van der Waals surface area contributed by atoms with Gasteiger partial charge >= 0.3 is 0 Å². The average molecular weight is 290 g/mol. The molecule has 2 aliphatic rings.